The average Bonchev–Trinajstić information content (AvgIpc) is 2.43. The predicted octanol–water partition coefficient (Wildman–Crippen LogP) is 3.05. The largest absolute Gasteiger partial charge is 0.382 e. The monoisotopic (exact) mass is 303 g/mol. The zero-order valence-corrected chi connectivity index (χ0v) is 12.9. The number of halogens is 2. The van der Waals surface area contributed by atoms with Gasteiger partial charge in [-0.05, 0) is 37.1 Å². The highest BCUT2D eigenvalue weighted by molar-refractivity contribution is 6.30. The Morgan fingerprint density at radius 2 is 2.10 bits per heavy atom. The van der Waals surface area contributed by atoms with Crippen molar-refractivity contribution in [3.63, 3.8) is 0 Å². The summed E-state index contributed by atoms with van der Waals surface area (Å²) >= 11 is 5.69. The summed E-state index contributed by atoms with van der Waals surface area (Å²) in [4.78, 5) is 0. The van der Waals surface area contributed by atoms with Gasteiger partial charge in [0.2, 0.25) is 0 Å². The summed E-state index contributed by atoms with van der Waals surface area (Å²) in [5, 5.41) is 3.55. The van der Waals surface area contributed by atoms with Crippen LogP contribution >= 0.6 is 11.6 Å². The molecule has 0 spiro atoms. The second-order valence-corrected chi connectivity index (χ2v) is 5.01. The Balaban J connectivity index is 2.42. The molecule has 0 aromatic heterocycles. The number of rotatable bonds is 10. The highest BCUT2D eigenvalue weighted by Gasteiger charge is 2.10. The molecule has 0 heterocycles. The van der Waals surface area contributed by atoms with Crippen LogP contribution in [0.5, 0.6) is 0 Å². The first-order valence-corrected chi connectivity index (χ1v) is 7.29. The highest BCUT2D eigenvalue weighted by Crippen LogP contribution is 2.17. The Hall–Kier alpha value is -0.680. The van der Waals surface area contributed by atoms with E-state index in [1.54, 1.807) is 13.2 Å². The first-order chi connectivity index (χ1) is 9.67. The fourth-order valence-corrected chi connectivity index (χ4v) is 2.10. The minimum Gasteiger partial charge on any atom is -0.382 e. The molecule has 114 valence electrons. The molecule has 3 nitrogen and oxygen atoms in total. The van der Waals surface area contributed by atoms with Crippen LogP contribution < -0.4 is 5.32 Å². The van der Waals surface area contributed by atoms with Crippen molar-refractivity contribution in [3.8, 4) is 0 Å². The number of hydrogen-bond acceptors (Lipinski definition) is 3. The zero-order chi connectivity index (χ0) is 14.8. The third-order valence-corrected chi connectivity index (χ3v) is 3.31. The van der Waals surface area contributed by atoms with E-state index >= 15 is 0 Å². The lowest BCUT2D eigenvalue weighted by Gasteiger charge is -2.18. The lowest BCUT2D eigenvalue weighted by molar-refractivity contribution is 0.0659. The molecule has 0 fully saturated rings. The van der Waals surface area contributed by atoms with Gasteiger partial charge in [0.1, 0.15) is 5.82 Å². The second-order valence-electron chi connectivity index (χ2n) is 4.60. The van der Waals surface area contributed by atoms with Gasteiger partial charge < -0.3 is 14.8 Å². The maximum atomic E-state index is 13.4. The van der Waals surface area contributed by atoms with E-state index in [1.165, 1.54) is 6.07 Å². The van der Waals surface area contributed by atoms with Crippen LogP contribution in [0.2, 0.25) is 5.02 Å². The molecule has 0 aliphatic carbocycles. The summed E-state index contributed by atoms with van der Waals surface area (Å²) in [5.41, 5.74) is 0.940. The number of likely N-dealkylation sites (N-methyl/N-ethyl adjacent to an activating group) is 1. The van der Waals surface area contributed by atoms with Crippen molar-refractivity contribution in [2.45, 2.75) is 25.8 Å². The molecule has 0 amide bonds. The molecule has 1 atom stereocenters. The summed E-state index contributed by atoms with van der Waals surface area (Å²) in [6.07, 6.45) is 1.64. The number of methoxy groups -OCH3 is 1. The fraction of sp³-hybridized carbons (Fsp3) is 0.600. The zero-order valence-electron chi connectivity index (χ0n) is 12.1. The van der Waals surface area contributed by atoms with Gasteiger partial charge in [0, 0.05) is 19.8 Å². The van der Waals surface area contributed by atoms with E-state index in [9.17, 15) is 4.39 Å². The predicted molar refractivity (Wildman–Crippen MR) is 79.9 cm³/mol. The standard InChI is InChI=1S/C15H23ClFNO2/c1-3-18-13(6-7-20-9-8-19-2)10-12-4-5-14(16)15(17)11-12/h4-5,11,13,18H,3,6-10H2,1-2H3. The van der Waals surface area contributed by atoms with Crippen LogP contribution in [-0.2, 0) is 15.9 Å². The van der Waals surface area contributed by atoms with Gasteiger partial charge in [0.05, 0.1) is 18.2 Å². The molecule has 1 aromatic rings. The smallest absolute Gasteiger partial charge is 0.142 e. The van der Waals surface area contributed by atoms with Gasteiger partial charge in [-0.25, -0.2) is 4.39 Å². The molecule has 0 aliphatic rings. The topological polar surface area (TPSA) is 30.5 Å². The van der Waals surface area contributed by atoms with Crippen molar-refractivity contribution < 1.29 is 13.9 Å². The average molecular weight is 304 g/mol. The van der Waals surface area contributed by atoms with Crippen LogP contribution in [0.15, 0.2) is 18.2 Å². The van der Waals surface area contributed by atoms with Crippen molar-refractivity contribution in [2.24, 2.45) is 0 Å². The number of ether oxygens (including phenoxy) is 2. The quantitative estimate of drug-likeness (QED) is 0.674. The molecule has 0 saturated carbocycles. The third kappa shape index (κ3) is 6.66. The van der Waals surface area contributed by atoms with E-state index in [-0.39, 0.29) is 16.9 Å². The third-order valence-electron chi connectivity index (χ3n) is 3.00. The van der Waals surface area contributed by atoms with Gasteiger partial charge in [-0.3, -0.25) is 0 Å². The molecule has 0 saturated heterocycles. The minimum atomic E-state index is -0.365. The summed E-state index contributed by atoms with van der Waals surface area (Å²) in [5.74, 6) is -0.365. The Bertz CT molecular complexity index is 390. The first-order valence-electron chi connectivity index (χ1n) is 6.91. The fourth-order valence-electron chi connectivity index (χ4n) is 1.99. The van der Waals surface area contributed by atoms with Crippen molar-refractivity contribution in [1.82, 2.24) is 5.32 Å². The van der Waals surface area contributed by atoms with Gasteiger partial charge >= 0.3 is 0 Å². The normalized spacial score (nSPS) is 12.6. The summed E-state index contributed by atoms with van der Waals surface area (Å²) in [7, 11) is 1.65. The van der Waals surface area contributed by atoms with Gasteiger partial charge in [0.25, 0.3) is 0 Å². The molecule has 1 rings (SSSR count). The molecule has 0 radical (unpaired) electrons. The van der Waals surface area contributed by atoms with Crippen molar-refractivity contribution >= 4 is 11.6 Å². The molecule has 0 bridgehead atoms. The molecule has 0 aliphatic heterocycles. The van der Waals surface area contributed by atoms with Crippen LogP contribution in [0.3, 0.4) is 0 Å². The van der Waals surface area contributed by atoms with Crippen molar-refractivity contribution in [2.75, 3.05) is 33.5 Å². The molecular weight excluding hydrogens is 281 g/mol. The Kier molecular flexibility index (Phi) is 8.78. The van der Waals surface area contributed by atoms with Crippen LogP contribution in [0.1, 0.15) is 18.9 Å². The Labute approximate surface area is 125 Å². The maximum Gasteiger partial charge on any atom is 0.142 e. The van der Waals surface area contributed by atoms with Gasteiger partial charge in [-0.15, -0.1) is 0 Å². The second kappa shape index (κ2) is 10.1. The first kappa shape index (κ1) is 17.4. The van der Waals surface area contributed by atoms with E-state index < -0.39 is 0 Å². The SMILES string of the molecule is CCNC(CCOCCOC)Cc1ccc(Cl)c(F)c1. The van der Waals surface area contributed by atoms with E-state index in [2.05, 4.69) is 12.2 Å². The molecular formula is C15H23ClFNO2. The van der Waals surface area contributed by atoms with Crippen LogP contribution in [-0.4, -0.2) is 39.5 Å². The van der Waals surface area contributed by atoms with Gasteiger partial charge in [-0.1, -0.05) is 24.6 Å². The summed E-state index contributed by atoms with van der Waals surface area (Å²) in [6, 6.07) is 5.23. The lowest BCUT2D eigenvalue weighted by atomic mass is 10.0. The molecule has 1 unspecified atom stereocenters. The number of benzene rings is 1. The summed E-state index contributed by atoms with van der Waals surface area (Å²) < 4.78 is 23.8. The Morgan fingerprint density at radius 1 is 1.30 bits per heavy atom. The van der Waals surface area contributed by atoms with E-state index in [1.807, 2.05) is 6.07 Å². The van der Waals surface area contributed by atoms with Crippen molar-refractivity contribution in [1.29, 1.82) is 0 Å². The molecule has 1 N–H and O–H groups in total. The maximum absolute atomic E-state index is 13.4. The Morgan fingerprint density at radius 3 is 2.75 bits per heavy atom. The number of nitrogens with one attached hydrogen (secondary N) is 1. The van der Waals surface area contributed by atoms with Gasteiger partial charge in [0.15, 0.2) is 0 Å². The molecule has 5 heteroatoms. The van der Waals surface area contributed by atoms with Gasteiger partial charge in [-0.2, -0.15) is 0 Å². The molecule has 1 aromatic carbocycles. The highest BCUT2D eigenvalue weighted by atomic mass is 35.5. The van der Waals surface area contributed by atoms with E-state index in [0.29, 0.717) is 19.8 Å². The lowest BCUT2D eigenvalue weighted by Crippen LogP contribution is -2.32. The van der Waals surface area contributed by atoms with Crippen molar-refractivity contribution in [3.05, 3.63) is 34.6 Å². The van der Waals surface area contributed by atoms with E-state index in [0.717, 1.165) is 24.9 Å². The van der Waals surface area contributed by atoms with Crippen LogP contribution in [0, 0.1) is 5.82 Å². The summed E-state index contributed by atoms with van der Waals surface area (Å²) in [6.45, 7) is 4.80. The van der Waals surface area contributed by atoms with E-state index in [4.69, 9.17) is 21.1 Å². The van der Waals surface area contributed by atoms with Crippen LogP contribution in [0.25, 0.3) is 0 Å². The van der Waals surface area contributed by atoms with Crippen LogP contribution in [0.4, 0.5) is 4.39 Å². The number of hydrogen-bond donors (Lipinski definition) is 1. The molecule has 20 heavy (non-hydrogen) atoms. The minimum absolute atomic E-state index is 0.164.